The number of carbonyl (C=O) groups excluding carboxylic acids is 1. The Balaban J connectivity index is 1.82. The summed E-state index contributed by atoms with van der Waals surface area (Å²) in [6, 6.07) is 16.9. The van der Waals surface area contributed by atoms with Gasteiger partial charge in [-0.15, -0.1) is 0 Å². The van der Waals surface area contributed by atoms with Gasteiger partial charge in [0.25, 0.3) is 5.91 Å². The molecule has 0 fully saturated rings. The molecule has 1 heterocycles. The minimum absolute atomic E-state index is 0.195. The largest absolute Gasteiger partial charge is 0.320 e. The maximum Gasteiger partial charge on any atom is 0.268 e. The molecule has 20 heavy (non-hydrogen) atoms. The van der Waals surface area contributed by atoms with E-state index in [0.717, 1.165) is 16.8 Å². The van der Waals surface area contributed by atoms with Crippen molar-refractivity contribution in [3.8, 4) is 0 Å². The highest BCUT2D eigenvalue weighted by molar-refractivity contribution is 5.98. The van der Waals surface area contributed by atoms with Gasteiger partial charge in [-0.1, -0.05) is 48.5 Å². The molecule has 2 aromatic carbocycles. The molecule has 2 aromatic rings. The van der Waals surface area contributed by atoms with Crippen LogP contribution >= 0.6 is 0 Å². The van der Waals surface area contributed by atoms with E-state index < -0.39 is 6.04 Å². The van der Waals surface area contributed by atoms with Crippen LogP contribution in [-0.2, 0) is 22.7 Å². The van der Waals surface area contributed by atoms with Gasteiger partial charge in [-0.25, -0.2) is 0 Å². The number of amides is 1. The van der Waals surface area contributed by atoms with Crippen molar-refractivity contribution in [1.29, 1.82) is 0 Å². The molecular weight excluding hydrogens is 252 g/mol. The Labute approximate surface area is 117 Å². The number of nitrogens with two attached hydrogens (primary N) is 1. The molecule has 1 amide bonds. The lowest BCUT2D eigenvalue weighted by Crippen LogP contribution is -2.48. The molecule has 0 aliphatic carbocycles. The van der Waals surface area contributed by atoms with E-state index in [0.29, 0.717) is 13.0 Å². The predicted octanol–water partition coefficient (Wildman–Crippen LogP) is 2.03. The van der Waals surface area contributed by atoms with E-state index in [1.807, 2.05) is 54.6 Å². The quantitative estimate of drug-likeness (QED) is 0.926. The first-order chi connectivity index (χ1) is 9.75. The summed E-state index contributed by atoms with van der Waals surface area (Å²) in [5.74, 6) is -0.195. The molecule has 102 valence electrons. The van der Waals surface area contributed by atoms with E-state index in [1.165, 1.54) is 5.06 Å². The minimum atomic E-state index is -0.541. The predicted molar refractivity (Wildman–Crippen MR) is 76.8 cm³/mol. The summed E-state index contributed by atoms with van der Waals surface area (Å²) < 4.78 is 0. The first-order valence-electron chi connectivity index (χ1n) is 6.60. The third-order valence-electron chi connectivity index (χ3n) is 3.37. The van der Waals surface area contributed by atoms with Gasteiger partial charge in [-0.05, 0) is 23.6 Å². The Morgan fingerprint density at radius 3 is 2.60 bits per heavy atom. The second-order valence-electron chi connectivity index (χ2n) is 4.83. The van der Waals surface area contributed by atoms with Crippen LogP contribution in [0.3, 0.4) is 0 Å². The topological polar surface area (TPSA) is 55.6 Å². The number of para-hydroxylation sites is 1. The summed E-state index contributed by atoms with van der Waals surface area (Å²) in [7, 11) is 0. The molecule has 2 N–H and O–H groups in total. The minimum Gasteiger partial charge on any atom is -0.320 e. The third kappa shape index (κ3) is 2.43. The van der Waals surface area contributed by atoms with Crippen LogP contribution in [0.15, 0.2) is 54.6 Å². The van der Waals surface area contributed by atoms with E-state index in [2.05, 4.69) is 0 Å². The maximum atomic E-state index is 12.2. The number of benzene rings is 2. The smallest absolute Gasteiger partial charge is 0.268 e. The third-order valence-corrected chi connectivity index (χ3v) is 3.37. The Morgan fingerprint density at radius 2 is 1.80 bits per heavy atom. The van der Waals surface area contributed by atoms with Gasteiger partial charge in [-0.3, -0.25) is 9.63 Å². The van der Waals surface area contributed by atoms with E-state index in [-0.39, 0.29) is 5.91 Å². The monoisotopic (exact) mass is 268 g/mol. The van der Waals surface area contributed by atoms with Crippen LogP contribution < -0.4 is 10.8 Å². The summed E-state index contributed by atoms with van der Waals surface area (Å²) >= 11 is 0. The van der Waals surface area contributed by atoms with Gasteiger partial charge < -0.3 is 5.73 Å². The Hall–Kier alpha value is -2.17. The van der Waals surface area contributed by atoms with Gasteiger partial charge >= 0.3 is 0 Å². The molecule has 0 unspecified atom stereocenters. The zero-order chi connectivity index (χ0) is 13.9. The average Bonchev–Trinajstić information content (AvgIpc) is 2.49. The van der Waals surface area contributed by atoms with Crippen molar-refractivity contribution in [2.75, 3.05) is 5.06 Å². The molecule has 4 heteroatoms. The molecule has 1 aliphatic heterocycles. The number of rotatable bonds is 3. The lowest BCUT2D eigenvalue weighted by atomic mass is 9.99. The molecule has 0 aromatic heterocycles. The molecule has 0 spiro atoms. The maximum absolute atomic E-state index is 12.2. The average molecular weight is 268 g/mol. The highest BCUT2D eigenvalue weighted by atomic mass is 16.7. The number of fused-ring (bicyclic) bond motifs is 1. The summed E-state index contributed by atoms with van der Waals surface area (Å²) in [5.41, 5.74) is 8.71. The van der Waals surface area contributed by atoms with Gasteiger partial charge in [0.05, 0.1) is 11.7 Å². The summed E-state index contributed by atoms with van der Waals surface area (Å²) in [6.07, 6.45) is 0.556. The van der Waals surface area contributed by atoms with Crippen molar-refractivity contribution in [2.45, 2.75) is 19.1 Å². The summed E-state index contributed by atoms with van der Waals surface area (Å²) in [6.45, 7) is 0.341. The summed E-state index contributed by atoms with van der Waals surface area (Å²) in [5, 5.41) is 1.33. The van der Waals surface area contributed by atoms with E-state index in [4.69, 9.17) is 10.6 Å². The molecule has 3 rings (SSSR count). The van der Waals surface area contributed by atoms with Crippen molar-refractivity contribution in [1.82, 2.24) is 0 Å². The highest BCUT2D eigenvalue weighted by Gasteiger charge is 2.31. The molecular formula is C16H16N2O2. The highest BCUT2D eigenvalue weighted by Crippen LogP contribution is 2.27. The molecule has 0 saturated heterocycles. The standard InChI is InChI=1S/C16H16N2O2/c17-14-10-13-8-4-5-9-15(13)18(16(14)19)20-11-12-6-2-1-3-7-12/h1-9,14H,10-11,17H2/t14-/m0/s1. The number of nitrogens with zero attached hydrogens (tertiary/aromatic N) is 1. The first-order valence-corrected chi connectivity index (χ1v) is 6.60. The van der Waals surface area contributed by atoms with Gasteiger partial charge in [0.1, 0.15) is 6.61 Å². The van der Waals surface area contributed by atoms with Gasteiger partial charge in [0.15, 0.2) is 0 Å². The van der Waals surface area contributed by atoms with Crippen LogP contribution in [0.2, 0.25) is 0 Å². The number of hydroxylamine groups is 1. The number of carbonyl (C=O) groups is 1. The Morgan fingerprint density at radius 1 is 1.10 bits per heavy atom. The van der Waals surface area contributed by atoms with E-state index in [1.54, 1.807) is 0 Å². The fraction of sp³-hybridized carbons (Fsp3) is 0.188. The lowest BCUT2D eigenvalue weighted by Gasteiger charge is -2.31. The second kappa shape index (κ2) is 5.45. The van der Waals surface area contributed by atoms with Gasteiger partial charge in [-0.2, -0.15) is 5.06 Å². The normalized spacial score (nSPS) is 17.9. The fourth-order valence-corrected chi connectivity index (χ4v) is 2.32. The first kappa shape index (κ1) is 12.8. The molecule has 0 radical (unpaired) electrons. The van der Waals surface area contributed by atoms with Crippen molar-refractivity contribution >= 4 is 11.6 Å². The van der Waals surface area contributed by atoms with Gasteiger partial charge in [0, 0.05) is 0 Å². The van der Waals surface area contributed by atoms with Crippen molar-refractivity contribution in [2.24, 2.45) is 5.73 Å². The zero-order valence-corrected chi connectivity index (χ0v) is 11.0. The van der Waals surface area contributed by atoms with Crippen molar-refractivity contribution in [3.63, 3.8) is 0 Å². The summed E-state index contributed by atoms with van der Waals surface area (Å²) in [4.78, 5) is 17.9. The molecule has 0 bridgehead atoms. The Bertz CT molecular complexity index is 613. The van der Waals surface area contributed by atoms with Crippen LogP contribution in [0, 0.1) is 0 Å². The van der Waals surface area contributed by atoms with Crippen LogP contribution in [-0.4, -0.2) is 11.9 Å². The van der Waals surface area contributed by atoms with Crippen LogP contribution in [0.1, 0.15) is 11.1 Å². The van der Waals surface area contributed by atoms with Crippen molar-refractivity contribution in [3.05, 3.63) is 65.7 Å². The second-order valence-corrected chi connectivity index (χ2v) is 4.83. The number of hydrogen-bond donors (Lipinski definition) is 1. The molecule has 0 saturated carbocycles. The molecule has 1 atom stereocenters. The SMILES string of the molecule is N[C@H]1Cc2ccccc2N(OCc2ccccc2)C1=O. The van der Waals surface area contributed by atoms with Crippen LogP contribution in [0.25, 0.3) is 0 Å². The molecule has 1 aliphatic rings. The van der Waals surface area contributed by atoms with Crippen LogP contribution in [0.5, 0.6) is 0 Å². The fourth-order valence-electron chi connectivity index (χ4n) is 2.32. The van der Waals surface area contributed by atoms with E-state index >= 15 is 0 Å². The number of anilines is 1. The van der Waals surface area contributed by atoms with Gasteiger partial charge in [0.2, 0.25) is 0 Å². The van der Waals surface area contributed by atoms with E-state index in [9.17, 15) is 4.79 Å². The Kier molecular flexibility index (Phi) is 3.50. The zero-order valence-electron chi connectivity index (χ0n) is 11.0. The van der Waals surface area contributed by atoms with Crippen LogP contribution in [0.4, 0.5) is 5.69 Å². The molecule has 4 nitrogen and oxygen atoms in total. The number of hydrogen-bond acceptors (Lipinski definition) is 3. The van der Waals surface area contributed by atoms with Crippen molar-refractivity contribution < 1.29 is 9.63 Å². The lowest BCUT2D eigenvalue weighted by molar-refractivity contribution is -0.128.